The number of hydrogen-bond acceptors (Lipinski definition) is 6. The molecule has 1 fully saturated rings. The van der Waals surface area contributed by atoms with Crippen molar-refractivity contribution in [1.29, 1.82) is 0 Å². The number of aliphatic hydroxyl groups is 3. The maximum atomic E-state index is 11.2. The van der Waals surface area contributed by atoms with Gasteiger partial charge in [-0.05, 0) is 11.4 Å². The number of ether oxygens (including phenoxy) is 2. The van der Waals surface area contributed by atoms with Crippen LogP contribution in [0.5, 0.6) is 5.75 Å². The van der Waals surface area contributed by atoms with Gasteiger partial charge in [-0.1, -0.05) is 36.3 Å². The van der Waals surface area contributed by atoms with Crippen LogP contribution in [-0.2, 0) is 9.53 Å². The van der Waals surface area contributed by atoms with E-state index in [1.54, 1.807) is 0 Å². The predicted molar refractivity (Wildman–Crippen MR) is 78.9 cm³/mol. The van der Waals surface area contributed by atoms with Gasteiger partial charge in [-0.3, -0.25) is 0 Å². The summed E-state index contributed by atoms with van der Waals surface area (Å²) in [4.78, 5) is 11.2. The van der Waals surface area contributed by atoms with Crippen molar-refractivity contribution in [2.24, 2.45) is 0 Å². The molecule has 0 amide bonds. The topological polar surface area (TPSA) is 116 Å². The molecule has 23 heavy (non-hydrogen) atoms. The molecule has 3 rings (SSSR count). The van der Waals surface area contributed by atoms with Crippen LogP contribution < -0.4 is 4.74 Å². The van der Waals surface area contributed by atoms with Crippen LogP contribution in [0.3, 0.4) is 0 Å². The molecule has 2 aromatic rings. The highest BCUT2D eigenvalue weighted by molar-refractivity contribution is 5.88. The SMILES string of the molecule is [2H]c1c([2H])c([2H])c2c(O[C@@H]3O[C@H](C(=O)O)[C@@H](O)[C@H](O)[C@H]3O)c([2H])c([2H])c([2H])c2c1[2H]. The van der Waals surface area contributed by atoms with E-state index >= 15 is 0 Å². The lowest BCUT2D eigenvalue weighted by Gasteiger charge is -2.38. The number of benzene rings is 2. The Labute approximate surface area is 141 Å². The second kappa shape index (κ2) is 6.13. The number of carboxylic acid groups (broad SMARTS) is 1. The smallest absolute Gasteiger partial charge is 0.335 e. The Kier molecular flexibility index (Phi) is 2.45. The fraction of sp³-hybridized carbons (Fsp3) is 0.312. The molecule has 0 aliphatic carbocycles. The van der Waals surface area contributed by atoms with Crippen molar-refractivity contribution in [2.75, 3.05) is 0 Å². The van der Waals surface area contributed by atoms with Gasteiger partial charge in [0.25, 0.3) is 0 Å². The quantitative estimate of drug-likeness (QED) is 0.632. The molecule has 122 valence electrons. The Bertz CT molecular complexity index is 1040. The second-order valence-electron chi connectivity index (χ2n) is 4.81. The number of carbonyl (C=O) groups is 1. The third kappa shape index (κ3) is 2.87. The average molecular weight is 327 g/mol. The Morgan fingerprint density at radius 1 is 1.04 bits per heavy atom. The first-order valence-electron chi connectivity index (χ1n) is 9.99. The summed E-state index contributed by atoms with van der Waals surface area (Å²) in [5.74, 6) is -2.35. The molecule has 4 N–H and O–H groups in total. The standard InChI is InChI=1S/C16H16O7/c17-11-12(18)14(15(20)21)23-16(13(11)19)22-10-7-3-5-8-4-1-2-6-9(8)10/h1-7,11-14,16-19H,(H,20,21)/t11-,12-,13+,14-,16+/m0/s1/i1D,2D,3D,4D,5D,6D,7D. The van der Waals surface area contributed by atoms with E-state index in [-0.39, 0.29) is 0 Å². The Balaban J connectivity index is 2.23. The molecular weight excluding hydrogens is 304 g/mol. The molecule has 7 heteroatoms. The zero-order chi connectivity index (χ0) is 22.7. The predicted octanol–water partition coefficient (Wildman–Crippen LogP) is 0.111. The van der Waals surface area contributed by atoms with E-state index in [1.807, 2.05) is 0 Å². The van der Waals surface area contributed by atoms with Crippen LogP contribution in [0.15, 0.2) is 42.3 Å². The third-order valence-electron chi connectivity index (χ3n) is 3.33. The average Bonchev–Trinajstić information content (AvgIpc) is 2.70. The monoisotopic (exact) mass is 327 g/mol. The molecule has 1 aliphatic heterocycles. The van der Waals surface area contributed by atoms with Crippen LogP contribution >= 0.6 is 0 Å². The third-order valence-corrected chi connectivity index (χ3v) is 3.33. The largest absolute Gasteiger partial charge is 0.479 e. The van der Waals surface area contributed by atoms with Gasteiger partial charge in [-0.2, -0.15) is 0 Å². The first-order chi connectivity index (χ1) is 13.9. The molecule has 0 aromatic heterocycles. The Morgan fingerprint density at radius 3 is 2.48 bits per heavy atom. The van der Waals surface area contributed by atoms with E-state index in [2.05, 4.69) is 0 Å². The van der Waals surface area contributed by atoms with Gasteiger partial charge in [-0.25, -0.2) is 4.79 Å². The maximum absolute atomic E-state index is 11.2. The summed E-state index contributed by atoms with van der Waals surface area (Å²) in [6.45, 7) is 0. The fourth-order valence-electron chi connectivity index (χ4n) is 2.14. The van der Waals surface area contributed by atoms with E-state index < -0.39 is 95.5 Å². The minimum atomic E-state index is -2.01. The molecule has 0 saturated carbocycles. The molecule has 0 bridgehead atoms. The van der Waals surface area contributed by atoms with E-state index in [1.165, 1.54) is 0 Å². The van der Waals surface area contributed by atoms with Gasteiger partial charge in [0.15, 0.2) is 6.10 Å². The van der Waals surface area contributed by atoms with E-state index in [4.69, 9.17) is 24.2 Å². The zero-order valence-electron chi connectivity index (χ0n) is 18.4. The summed E-state index contributed by atoms with van der Waals surface area (Å²) in [7, 11) is 0. The van der Waals surface area contributed by atoms with Crippen LogP contribution in [0.4, 0.5) is 0 Å². The van der Waals surface area contributed by atoms with Gasteiger partial charge in [0.2, 0.25) is 6.29 Å². The molecule has 0 radical (unpaired) electrons. The van der Waals surface area contributed by atoms with Gasteiger partial charge in [0, 0.05) is 5.39 Å². The molecular formula is C16H16O7. The zero-order valence-corrected chi connectivity index (χ0v) is 11.4. The Hall–Kier alpha value is -2.19. The van der Waals surface area contributed by atoms with Gasteiger partial charge in [0.1, 0.15) is 24.1 Å². The van der Waals surface area contributed by atoms with Crippen molar-refractivity contribution in [3.63, 3.8) is 0 Å². The minimum absolute atomic E-state index is 0.419. The van der Waals surface area contributed by atoms with E-state index in [0.717, 1.165) is 0 Å². The second-order valence-corrected chi connectivity index (χ2v) is 4.81. The number of hydrogen-bond donors (Lipinski definition) is 4. The van der Waals surface area contributed by atoms with Gasteiger partial charge in [0.05, 0.1) is 9.60 Å². The summed E-state index contributed by atoms with van der Waals surface area (Å²) < 4.78 is 65.9. The number of aliphatic hydroxyl groups excluding tert-OH is 3. The van der Waals surface area contributed by atoms with Crippen molar-refractivity contribution in [3.05, 3.63) is 42.3 Å². The molecule has 0 spiro atoms. The highest BCUT2D eigenvalue weighted by Crippen LogP contribution is 2.29. The summed E-state index contributed by atoms with van der Waals surface area (Å²) in [6.07, 6.45) is -9.97. The molecule has 0 unspecified atom stereocenters. The lowest BCUT2D eigenvalue weighted by molar-refractivity contribution is -0.270. The lowest BCUT2D eigenvalue weighted by atomic mass is 9.99. The van der Waals surface area contributed by atoms with Crippen molar-refractivity contribution >= 4 is 16.7 Å². The van der Waals surface area contributed by atoms with Gasteiger partial charge >= 0.3 is 5.97 Å². The molecule has 1 aliphatic rings. The number of aliphatic carboxylic acids is 1. The normalized spacial score (nSPS) is 35.3. The number of rotatable bonds is 3. The molecule has 1 saturated heterocycles. The lowest BCUT2D eigenvalue weighted by Crippen LogP contribution is -2.61. The van der Waals surface area contributed by atoms with Crippen molar-refractivity contribution in [1.82, 2.24) is 0 Å². The fourth-order valence-corrected chi connectivity index (χ4v) is 2.14. The van der Waals surface area contributed by atoms with Crippen LogP contribution in [-0.4, -0.2) is 57.1 Å². The highest BCUT2D eigenvalue weighted by atomic mass is 16.7. The molecule has 1 heterocycles. The van der Waals surface area contributed by atoms with Gasteiger partial charge in [-0.15, -0.1) is 0 Å². The molecule has 5 atom stereocenters. The first-order valence-corrected chi connectivity index (χ1v) is 6.49. The number of carboxylic acids is 1. The van der Waals surface area contributed by atoms with Crippen LogP contribution in [0.2, 0.25) is 0 Å². The highest BCUT2D eigenvalue weighted by Gasteiger charge is 2.48. The number of fused-ring (bicyclic) bond motifs is 1. The maximum Gasteiger partial charge on any atom is 0.335 e. The molecule has 7 nitrogen and oxygen atoms in total. The summed E-state index contributed by atoms with van der Waals surface area (Å²) in [5.41, 5.74) is 0. The molecule has 2 aromatic carbocycles. The minimum Gasteiger partial charge on any atom is -0.479 e. The van der Waals surface area contributed by atoms with Crippen LogP contribution in [0, 0.1) is 0 Å². The van der Waals surface area contributed by atoms with E-state index in [0.29, 0.717) is 0 Å². The Morgan fingerprint density at radius 2 is 1.74 bits per heavy atom. The van der Waals surface area contributed by atoms with Crippen LogP contribution in [0.1, 0.15) is 9.60 Å². The van der Waals surface area contributed by atoms with Gasteiger partial charge < -0.3 is 29.9 Å². The van der Waals surface area contributed by atoms with Crippen molar-refractivity contribution in [3.8, 4) is 5.75 Å². The van der Waals surface area contributed by atoms with Crippen molar-refractivity contribution < 1.29 is 44.3 Å². The van der Waals surface area contributed by atoms with Crippen molar-refractivity contribution in [2.45, 2.75) is 30.7 Å². The van der Waals surface area contributed by atoms with E-state index in [9.17, 15) is 20.1 Å². The summed E-state index contributed by atoms with van der Waals surface area (Å²) in [6, 6.07) is -4.91. The summed E-state index contributed by atoms with van der Waals surface area (Å²) in [5, 5.41) is 38.1. The summed E-state index contributed by atoms with van der Waals surface area (Å²) >= 11 is 0. The van der Waals surface area contributed by atoms with Crippen LogP contribution in [0.25, 0.3) is 10.8 Å². The first kappa shape index (κ1) is 9.19.